The minimum absolute atomic E-state index is 0.0631. The summed E-state index contributed by atoms with van der Waals surface area (Å²) in [7, 11) is 1.62. The monoisotopic (exact) mass is 410 g/mol. The summed E-state index contributed by atoms with van der Waals surface area (Å²) >= 11 is 2.98. The highest BCUT2D eigenvalue weighted by Crippen LogP contribution is 2.42. The van der Waals surface area contributed by atoms with E-state index in [0.29, 0.717) is 16.3 Å². The van der Waals surface area contributed by atoms with Gasteiger partial charge < -0.3 is 10.1 Å². The fourth-order valence-corrected chi connectivity index (χ4v) is 4.85. The first-order chi connectivity index (χ1) is 13.7. The Morgan fingerprint density at radius 3 is 2.68 bits per heavy atom. The number of anilines is 2. The lowest BCUT2D eigenvalue weighted by Crippen LogP contribution is -2.27. The van der Waals surface area contributed by atoms with Crippen LogP contribution in [0.25, 0.3) is 0 Å². The molecule has 1 saturated heterocycles. The number of benzene rings is 2. The zero-order valence-corrected chi connectivity index (χ0v) is 16.8. The third-order valence-corrected chi connectivity index (χ3v) is 6.47. The first kappa shape index (κ1) is 18.6. The van der Waals surface area contributed by atoms with E-state index < -0.39 is 0 Å². The summed E-state index contributed by atoms with van der Waals surface area (Å²) in [5, 5.41) is 4.67. The molecule has 2 aromatic carbocycles. The van der Waals surface area contributed by atoms with Gasteiger partial charge in [0.2, 0.25) is 5.91 Å². The standard InChI is InChI=1S/C21H18N2O3S2/c1-26-17-9-7-16(8-10-17)23-19(24)13-28-21(23)14-4-2-5-15(12-14)22-20(25)18-6-3-11-27-18/h2-12,21H,13H2,1H3,(H,22,25). The number of hydrogen-bond donors (Lipinski definition) is 1. The third-order valence-electron chi connectivity index (χ3n) is 4.39. The second kappa shape index (κ2) is 8.08. The van der Waals surface area contributed by atoms with Gasteiger partial charge in [-0.05, 0) is 53.4 Å². The van der Waals surface area contributed by atoms with Gasteiger partial charge in [0.05, 0.1) is 17.7 Å². The van der Waals surface area contributed by atoms with Crippen LogP contribution in [0.5, 0.6) is 5.75 Å². The van der Waals surface area contributed by atoms with Gasteiger partial charge in [-0.25, -0.2) is 0 Å². The second-order valence-corrected chi connectivity index (χ2v) is 8.20. The first-order valence-electron chi connectivity index (χ1n) is 8.68. The van der Waals surface area contributed by atoms with Crippen molar-refractivity contribution in [3.63, 3.8) is 0 Å². The number of ether oxygens (including phenoxy) is 1. The van der Waals surface area contributed by atoms with Gasteiger partial charge in [0, 0.05) is 11.4 Å². The number of hydrogen-bond acceptors (Lipinski definition) is 5. The number of nitrogens with one attached hydrogen (secondary N) is 1. The molecule has 0 bridgehead atoms. The molecule has 0 radical (unpaired) electrons. The molecule has 5 nitrogen and oxygen atoms in total. The third kappa shape index (κ3) is 3.76. The van der Waals surface area contributed by atoms with Gasteiger partial charge in [0.1, 0.15) is 11.1 Å². The topological polar surface area (TPSA) is 58.6 Å². The van der Waals surface area contributed by atoms with Crippen LogP contribution >= 0.6 is 23.1 Å². The van der Waals surface area contributed by atoms with Gasteiger partial charge in [-0.2, -0.15) is 0 Å². The molecule has 2 amide bonds. The summed E-state index contributed by atoms with van der Waals surface area (Å²) in [4.78, 5) is 27.3. The Kier molecular flexibility index (Phi) is 5.36. The zero-order valence-electron chi connectivity index (χ0n) is 15.1. The molecule has 0 saturated carbocycles. The summed E-state index contributed by atoms with van der Waals surface area (Å²) in [6, 6.07) is 18.8. The van der Waals surface area contributed by atoms with Crippen molar-refractivity contribution in [3.05, 3.63) is 76.5 Å². The van der Waals surface area contributed by atoms with Gasteiger partial charge in [-0.3, -0.25) is 14.5 Å². The molecule has 1 aliphatic heterocycles. The van der Waals surface area contributed by atoms with Gasteiger partial charge in [0.25, 0.3) is 5.91 Å². The summed E-state index contributed by atoms with van der Waals surface area (Å²) in [5.74, 6) is 1.10. The van der Waals surface area contributed by atoms with E-state index in [2.05, 4.69) is 5.32 Å². The van der Waals surface area contributed by atoms with E-state index in [1.165, 1.54) is 11.3 Å². The highest BCUT2D eigenvalue weighted by molar-refractivity contribution is 8.00. The SMILES string of the molecule is COc1ccc(N2C(=O)CSC2c2cccc(NC(=O)c3cccs3)c2)cc1. The van der Waals surface area contributed by atoms with E-state index in [-0.39, 0.29) is 17.2 Å². The minimum atomic E-state index is -0.139. The van der Waals surface area contributed by atoms with Crippen LogP contribution in [0, 0.1) is 0 Å². The maximum Gasteiger partial charge on any atom is 0.265 e. The highest BCUT2D eigenvalue weighted by Gasteiger charge is 2.34. The van der Waals surface area contributed by atoms with Crippen LogP contribution in [0.1, 0.15) is 20.6 Å². The summed E-state index contributed by atoms with van der Waals surface area (Å²) < 4.78 is 5.21. The average molecular weight is 411 g/mol. The van der Waals surface area contributed by atoms with E-state index in [4.69, 9.17) is 4.74 Å². The smallest absolute Gasteiger partial charge is 0.265 e. The van der Waals surface area contributed by atoms with E-state index >= 15 is 0 Å². The Morgan fingerprint density at radius 1 is 1.14 bits per heavy atom. The summed E-state index contributed by atoms with van der Waals surface area (Å²) in [6.07, 6.45) is 0. The summed E-state index contributed by atoms with van der Waals surface area (Å²) in [5.41, 5.74) is 2.51. The van der Waals surface area contributed by atoms with E-state index in [9.17, 15) is 9.59 Å². The molecule has 1 aromatic heterocycles. The fraction of sp³-hybridized carbons (Fsp3) is 0.143. The van der Waals surface area contributed by atoms with Gasteiger partial charge in [-0.1, -0.05) is 18.2 Å². The van der Waals surface area contributed by atoms with E-state index in [1.807, 2.05) is 60.0 Å². The number of rotatable bonds is 5. The number of amides is 2. The largest absolute Gasteiger partial charge is 0.497 e. The Morgan fingerprint density at radius 2 is 1.96 bits per heavy atom. The molecule has 1 fully saturated rings. The van der Waals surface area contributed by atoms with Crippen LogP contribution < -0.4 is 15.0 Å². The number of carbonyl (C=O) groups excluding carboxylic acids is 2. The maximum atomic E-state index is 12.5. The van der Waals surface area contributed by atoms with Crippen molar-refractivity contribution in [1.82, 2.24) is 0 Å². The molecule has 142 valence electrons. The minimum Gasteiger partial charge on any atom is -0.497 e. The molecule has 2 heterocycles. The van der Waals surface area contributed by atoms with Crippen molar-refractivity contribution < 1.29 is 14.3 Å². The van der Waals surface area contributed by atoms with Crippen LogP contribution in [-0.4, -0.2) is 24.7 Å². The number of carbonyl (C=O) groups is 2. The Labute approximate surface area is 171 Å². The lowest BCUT2D eigenvalue weighted by Gasteiger charge is -2.25. The first-order valence-corrected chi connectivity index (χ1v) is 10.6. The van der Waals surface area contributed by atoms with Crippen molar-refractivity contribution >= 4 is 46.3 Å². The number of methoxy groups -OCH3 is 1. The van der Waals surface area contributed by atoms with E-state index in [1.54, 1.807) is 29.8 Å². The van der Waals surface area contributed by atoms with Crippen LogP contribution in [0.2, 0.25) is 0 Å². The number of thioether (sulfide) groups is 1. The van der Waals surface area contributed by atoms with Gasteiger partial charge >= 0.3 is 0 Å². The Balaban J connectivity index is 1.58. The molecule has 28 heavy (non-hydrogen) atoms. The van der Waals surface area contributed by atoms with Crippen molar-refractivity contribution in [1.29, 1.82) is 0 Å². The van der Waals surface area contributed by atoms with Crippen LogP contribution in [0.3, 0.4) is 0 Å². The van der Waals surface area contributed by atoms with Crippen molar-refractivity contribution in [2.75, 3.05) is 23.1 Å². The molecule has 1 unspecified atom stereocenters. The average Bonchev–Trinajstić information content (AvgIpc) is 3.38. The molecule has 0 aliphatic carbocycles. The fourth-order valence-electron chi connectivity index (χ4n) is 3.06. The molecule has 7 heteroatoms. The molecule has 1 aliphatic rings. The zero-order chi connectivity index (χ0) is 19.5. The normalized spacial score (nSPS) is 16.2. The van der Waals surface area contributed by atoms with Crippen LogP contribution in [-0.2, 0) is 4.79 Å². The highest BCUT2D eigenvalue weighted by atomic mass is 32.2. The van der Waals surface area contributed by atoms with Crippen LogP contribution in [0.15, 0.2) is 66.0 Å². The number of thiophene rings is 1. The Hall–Kier alpha value is -2.77. The lowest BCUT2D eigenvalue weighted by molar-refractivity contribution is -0.115. The molecular weight excluding hydrogens is 392 g/mol. The van der Waals surface area contributed by atoms with Gasteiger partial charge in [-0.15, -0.1) is 23.1 Å². The maximum absolute atomic E-state index is 12.5. The van der Waals surface area contributed by atoms with Crippen molar-refractivity contribution in [2.24, 2.45) is 0 Å². The molecule has 0 spiro atoms. The lowest BCUT2D eigenvalue weighted by atomic mass is 10.1. The second-order valence-electron chi connectivity index (χ2n) is 6.18. The molecule has 4 rings (SSSR count). The predicted octanol–water partition coefficient (Wildman–Crippen LogP) is 4.79. The van der Waals surface area contributed by atoms with E-state index in [0.717, 1.165) is 17.0 Å². The predicted molar refractivity (Wildman–Crippen MR) is 114 cm³/mol. The summed E-state index contributed by atoms with van der Waals surface area (Å²) in [6.45, 7) is 0. The van der Waals surface area contributed by atoms with Gasteiger partial charge in [0.15, 0.2) is 0 Å². The van der Waals surface area contributed by atoms with Crippen LogP contribution in [0.4, 0.5) is 11.4 Å². The Bertz CT molecular complexity index is 987. The molecule has 3 aromatic rings. The van der Waals surface area contributed by atoms with Crippen molar-refractivity contribution in [2.45, 2.75) is 5.37 Å². The quantitative estimate of drug-likeness (QED) is 0.657. The number of nitrogens with zero attached hydrogens (tertiary/aromatic N) is 1. The molecule has 1 atom stereocenters. The molecule has 1 N–H and O–H groups in total. The van der Waals surface area contributed by atoms with Crippen molar-refractivity contribution in [3.8, 4) is 5.75 Å². The molecular formula is C21H18N2O3S2.